The van der Waals surface area contributed by atoms with Crippen molar-refractivity contribution in [3.8, 4) is 34.7 Å². The van der Waals surface area contributed by atoms with Crippen molar-refractivity contribution >= 4 is 5.90 Å². The Bertz CT molecular complexity index is 1150. The van der Waals surface area contributed by atoms with E-state index in [1.54, 1.807) is 20.3 Å². The molecule has 30 heavy (non-hydrogen) atoms. The van der Waals surface area contributed by atoms with Crippen LogP contribution in [0.15, 0.2) is 36.4 Å². The summed E-state index contributed by atoms with van der Waals surface area (Å²) in [6.07, 6.45) is 0. The molecule has 2 heterocycles. The molecule has 1 aliphatic rings. The van der Waals surface area contributed by atoms with Crippen molar-refractivity contribution in [1.82, 2.24) is 10.2 Å². The number of aromatic nitrogens is 2. The Morgan fingerprint density at radius 3 is 2.37 bits per heavy atom. The van der Waals surface area contributed by atoms with Gasteiger partial charge in [-0.15, -0.1) is 5.10 Å². The number of aryl methyl sites for hydroxylation is 2. The van der Waals surface area contributed by atoms with Gasteiger partial charge in [0.2, 0.25) is 11.8 Å². The Balaban J connectivity index is 1.96. The maximum Gasteiger partial charge on any atom is 0.244 e. The molecule has 0 saturated carbocycles. The standard InChI is InChI=1S/C23H22N4O3/c1-12-5-6-14(7-13(12)2)21-20-19(15-8-16(28-3)10-17(9-15)29-4)18(11-24)22(25)30-23(20)27-26-21/h5-10,18-19,25H,1-4H3,(H,26,27). The van der Waals surface area contributed by atoms with Crippen molar-refractivity contribution in [3.63, 3.8) is 0 Å². The maximum absolute atomic E-state index is 9.89. The molecule has 2 aromatic carbocycles. The van der Waals surface area contributed by atoms with Crippen LogP contribution in [0.5, 0.6) is 17.4 Å². The van der Waals surface area contributed by atoms with Crippen molar-refractivity contribution in [2.24, 2.45) is 5.92 Å². The molecule has 2 unspecified atom stereocenters. The van der Waals surface area contributed by atoms with Crippen molar-refractivity contribution in [1.29, 1.82) is 10.7 Å². The van der Waals surface area contributed by atoms with Crippen LogP contribution in [0, 0.1) is 36.5 Å². The molecule has 2 atom stereocenters. The Morgan fingerprint density at radius 1 is 1.07 bits per heavy atom. The largest absolute Gasteiger partial charge is 0.497 e. The van der Waals surface area contributed by atoms with Gasteiger partial charge < -0.3 is 14.2 Å². The zero-order valence-corrected chi connectivity index (χ0v) is 17.2. The van der Waals surface area contributed by atoms with Crippen molar-refractivity contribution < 1.29 is 14.2 Å². The molecule has 0 bridgehead atoms. The number of ether oxygens (including phenoxy) is 3. The predicted molar refractivity (Wildman–Crippen MR) is 112 cm³/mol. The first-order valence-electron chi connectivity index (χ1n) is 9.51. The SMILES string of the molecule is COc1cc(OC)cc(C2c3c(n[nH]c3-c3ccc(C)c(C)c3)OC(=N)C2C#N)c1. The third-order valence-corrected chi connectivity index (χ3v) is 5.57. The first kappa shape index (κ1) is 19.5. The van der Waals surface area contributed by atoms with E-state index < -0.39 is 11.8 Å². The number of hydrogen-bond donors (Lipinski definition) is 2. The van der Waals surface area contributed by atoms with Crippen molar-refractivity contribution in [2.75, 3.05) is 14.2 Å². The van der Waals surface area contributed by atoms with E-state index in [2.05, 4.69) is 42.2 Å². The lowest BCUT2D eigenvalue weighted by Gasteiger charge is -2.28. The number of benzene rings is 2. The first-order chi connectivity index (χ1) is 14.5. The monoisotopic (exact) mass is 402 g/mol. The highest BCUT2D eigenvalue weighted by molar-refractivity contribution is 5.86. The number of nitriles is 1. The van der Waals surface area contributed by atoms with Gasteiger partial charge in [0.15, 0.2) is 0 Å². The lowest BCUT2D eigenvalue weighted by molar-refractivity contribution is 0.391. The summed E-state index contributed by atoms with van der Waals surface area (Å²) < 4.78 is 16.5. The summed E-state index contributed by atoms with van der Waals surface area (Å²) in [5.74, 6) is 0.123. The second kappa shape index (κ2) is 7.56. The van der Waals surface area contributed by atoms with Crippen LogP contribution >= 0.6 is 0 Å². The summed E-state index contributed by atoms with van der Waals surface area (Å²) in [6.45, 7) is 4.11. The molecule has 0 amide bonds. The summed E-state index contributed by atoms with van der Waals surface area (Å²) in [4.78, 5) is 0. The predicted octanol–water partition coefficient (Wildman–Crippen LogP) is 4.35. The average Bonchev–Trinajstić information content (AvgIpc) is 3.17. The summed E-state index contributed by atoms with van der Waals surface area (Å²) in [5, 5.41) is 25.5. The highest BCUT2D eigenvalue weighted by Crippen LogP contribution is 2.47. The van der Waals surface area contributed by atoms with E-state index in [-0.39, 0.29) is 5.90 Å². The van der Waals surface area contributed by atoms with E-state index in [9.17, 15) is 5.26 Å². The van der Waals surface area contributed by atoms with E-state index in [1.165, 1.54) is 5.56 Å². The van der Waals surface area contributed by atoms with E-state index >= 15 is 0 Å². The van der Waals surface area contributed by atoms with Gasteiger partial charge >= 0.3 is 0 Å². The number of nitrogens with one attached hydrogen (secondary N) is 2. The highest BCUT2D eigenvalue weighted by Gasteiger charge is 2.41. The molecule has 0 spiro atoms. The Labute approximate surface area is 174 Å². The molecule has 2 N–H and O–H groups in total. The van der Waals surface area contributed by atoms with Gasteiger partial charge in [0.1, 0.15) is 17.4 Å². The fraction of sp³-hybridized carbons (Fsp3) is 0.261. The number of nitrogens with zero attached hydrogens (tertiary/aromatic N) is 2. The van der Waals surface area contributed by atoms with Crippen LogP contribution in [0.4, 0.5) is 0 Å². The van der Waals surface area contributed by atoms with Gasteiger partial charge in [-0.3, -0.25) is 10.5 Å². The topological polar surface area (TPSA) is 104 Å². The fourth-order valence-electron chi connectivity index (χ4n) is 3.80. The van der Waals surface area contributed by atoms with Crippen LogP contribution in [-0.4, -0.2) is 30.3 Å². The number of methoxy groups -OCH3 is 2. The zero-order chi connectivity index (χ0) is 21.4. The summed E-state index contributed by atoms with van der Waals surface area (Å²) in [5.41, 5.74) is 5.59. The fourth-order valence-corrected chi connectivity index (χ4v) is 3.80. The van der Waals surface area contributed by atoms with E-state index in [1.807, 2.05) is 18.2 Å². The normalized spacial score (nSPS) is 17.6. The summed E-state index contributed by atoms with van der Waals surface area (Å²) in [6, 6.07) is 13.9. The quantitative estimate of drug-likeness (QED) is 0.675. The molecule has 0 aliphatic carbocycles. The van der Waals surface area contributed by atoms with Gasteiger partial charge in [0, 0.05) is 17.5 Å². The molecule has 4 rings (SSSR count). The van der Waals surface area contributed by atoms with Gasteiger partial charge in [-0.1, -0.05) is 12.1 Å². The molecular formula is C23H22N4O3. The molecule has 1 aliphatic heterocycles. The molecule has 0 fully saturated rings. The number of hydrogen-bond acceptors (Lipinski definition) is 6. The van der Waals surface area contributed by atoms with E-state index in [0.29, 0.717) is 17.4 Å². The lowest BCUT2D eigenvalue weighted by Crippen LogP contribution is -2.30. The molecule has 0 saturated heterocycles. The van der Waals surface area contributed by atoms with E-state index in [0.717, 1.165) is 27.9 Å². The highest BCUT2D eigenvalue weighted by atomic mass is 16.5. The second-order valence-corrected chi connectivity index (χ2v) is 7.31. The average molecular weight is 402 g/mol. The van der Waals surface area contributed by atoms with Crippen LogP contribution in [0.3, 0.4) is 0 Å². The minimum absolute atomic E-state index is 0.130. The number of aromatic amines is 1. The van der Waals surface area contributed by atoms with Crippen LogP contribution in [-0.2, 0) is 0 Å². The number of rotatable bonds is 4. The van der Waals surface area contributed by atoms with Gasteiger partial charge in [-0.25, -0.2) is 0 Å². The molecular weight excluding hydrogens is 380 g/mol. The molecule has 7 nitrogen and oxygen atoms in total. The smallest absolute Gasteiger partial charge is 0.244 e. The third kappa shape index (κ3) is 3.16. The van der Waals surface area contributed by atoms with Crippen LogP contribution in [0.2, 0.25) is 0 Å². The molecule has 0 radical (unpaired) electrons. The molecule has 1 aromatic heterocycles. The van der Waals surface area contributed by atoms with Gasteiger partial charge in [0.25, 0.3) is 0 Å². The van der Waals surface area contributed by atoms with E-state index in [4.69, 9.17) is 19.6 Å². The second-order valence-electron chi connectivity index (χ2n) is 7.31. The molecule has 3 aromatic rings. The number of H-pyrrole nitrogens is 1. The van der Waals surface area contributed by atoms with Crippen LogP contribution in [0.25, 0.3) is 11.3 Å². The minimum Gasteiger partial charge on any atom is -0.497 e. The van der Waals surface area contributed by atoms with Crippen molar-refractivity contribution in [3.05, 3.63) is 58.7 Å². The Kier molecular flexibility index (Phi) is 4.92. The Morgan fingerprint density at radius 2 is 1.77 bits per heavy atom. The molecule has 7 heteroatoms. The first-order valence-corrected chi connectivity index (χ1v) is 9.51. The Hall–Kier alpha value is -3.79. The third-order valence-electron chi connectivity index (χ3n) is 5.57. The van der Waals surface area contributed by atoms with Crippen LogP contribution in [0.1, 0.15) is 28.2 Å². The van der Waals surface area contributed by atoms with Crippen LogP contribution < -0.4 is 14.2 Å². The summed E-state index contributed by atoms with van der Waals surface area (Å²) in [7, 11) is 3.16. The van der Waals surface area contributed by atoms with Gasteiger partial charge in [0.05, 0.1) is 31.5 Å². The number of fused-ring (bicyclic) bond motifs is 1. The zero-order valence-electron chi connectivity index (χ0n) is 17.2. The van der Waals surface area contributed by atoms with Gasteiger partial charge in [-0.05, 0) is 48.7 Å². The van der Waals surface area contributed by atoms with Gasteiger partial charge in [-0.2, -0.15) is 5.26 Å². The maximum atomic E-state index is 9.89. The minimum atomic E-state index is -0.808. The van der Waals surface area contributed by atoms with Crippen molar-refractivity contribution in [2.45, 2.75) is 19.8 Å². The lowest BCUT2D eigenvalue weighted by atomic mass is 9.78. The summed E-state index contributed by atoms with van der Waals surface area (Å²) >= 11 is 0. The molecule has 152 valence electrons.